The molecule has 6 nitrogen and oxygen atoms in total. The van der Waals surface area contributed by atoms with Crippen molar-refractivity contribution in [3.63, 3.8) is 0 Å². The van der Waals surface area contributed by atoms with Crippen LogP contribution in [-0.4, -0.2) is 33.2 Å². The maximum absolute atomic E-state index is 10.9. The van der Waals surface area contributed by atoms with Gasteiger partial charge in [0.05, 0.1) is 16.7 Å². The van der Waals surface area contributed by atoms with Crippen molar-refractivity contribution in [2.75, 3.05) is 0 Å². The lowest BCUT2D eigenvalue weighted by Gasteiger charge is -2.04. The van der Waals surface area contributed by atoms with E-state index in [1.54, 1.807) is 54.6 Å². The van der Waals surface area contributed by atoms with Crippen molar-refractivity contribution >= 4 is 52.3 Å². The van der Waals surface area contributed by atoms with Gasteiger partial charge < -0.3 is 15.3 Å². The molecule has 148 valence electrons. The molecular weight excluding hydrogens is 507 g/mol. The van der Waals surface area contributed by atoms with Crippen LogP contribution in [0.4, 0.5) is 0 Å². The minimum atomic E-state index is -0.985. The van der Waals surface area contributed by atoms with Gasteiger partial charge in [0.1, 0.15) is 0 Å². The highest BCUT2D eigenvalue weighted by atomic mass is 127. The molecular formula is C21H15IO6S. The average molecular weight is 522 g/mol. The van der Waals surface area contributed by atoms with Crippen molar-refractivity contribution in [1.29, 1.82) is 0 Å². The molecule has 0 atom stereocenters. The summed E-state index contributed by atoms with van der Waals surface area (Å²) in [5.41, 5.74) is 0.755. The number of carboxylic acids is 3. The molecule has 0 saturated heterocycles. The van der Waals surface area contributed by atoms with E-state index in [9.17, 15) is 14.4 Å². The molecule has 3 aromatic carbocycles. The monoisotopic (exact) mass is 522 g/mol. The Bertz CT molecular complexity index is 995. The van der Waals surface area contributed by atoms with Crippen LogP contribution < -0.4 is 0 Å². The third-order valence-electron chi connectivity index (χ3n) is 3.47. The van der Waals surface area contributed by atoms with Gasteiger partial charge in [-0.2, -0.15) is 0 Å². The molecule has 3 aromatic rings. The summed E-state index contributed by atoms with van der Waals surface area (Å²) in [7, 11) is 0. The Balaban J connectivity index is 0.000000253. The van der Waals surface area contributed by atoms with Crippen molar-refractivity contribution < 1.29 is 29.7 Å². The van der Waals surface area contributed by atoms with E-state index in [1.807, 2.05) is 6.07 Å². The summed E-state index contributed by atoms with van der Waals surface area (Å²) in [5, 5.41) is 26.3. The van der Waals surface area contributed by atoms with Gasteiger partial charge in [0.2, 0.25) is 0 Å². The van der Waals surface area contributed by atoms with Gasteiger partial charge in [0, 0.05) is 13.4 Å². The molecule has 0 bridgehead atoms. The normalized spacial score (nSPS) is 9.83. The number of aromatic carboxylic acids is 3. The van der Waals surface area contributed by atoms with E-state index in [1.165, 1.54) is 23.9 Å². The highest BCUT2D eigenvalue weighted by molar-refractivity contribution is 14.1. The predicted octanol–water partition coefficient (Wildman–Crippen LogP) is 5.22. The van der Waals surface area contributed by atoms with Crippen LogP contribution in [-0.2, 0) is 0 Å². The predicted molar refractivity (Wildman–Crippen MR) is 117 cm³/mol. The first-order valence-corrected chi connectivity index (χ1v) is 9.99. The molecule has 0 heterocycles. The van der Waals surface area contributed by atoms with Crippen molar-refractivity contribution in [3.8, 4) is 0 Å². The van der Waals surface area contributed by atoms with Crippen LogP contribution in [0.25, 0.3) is 0 Å². The smallest absolute Gasteiger partial charge is 0.335 e. The molecule has 0 unspecified atom stereocenters. The highest BCUT2D eigenvalue weighted by Crippen LogP contribution is 2.28. The van der Waals surface area contributed by atoms with Gasteiger partial charge in [-0.3, -0.25) is 0 Å². The minimum Gasteiger partial charge on any atom is -0.478 e. The first kappa shape index (κ1) is 22.4. The first-order valence-electron chi connectivity index (χ1n) is 8.09. The fourth-order valence-electron chi connectivity index (χ4n) is 2.14. The van der Waals surface area contributed by atoms with Crippen LogP contribution in [0.5, 0.6) is 0 Å². The third-order valence-corrected chi connectivity index (χ3v) is 5.12. The zero-order valence-corrected chi connectivity index (χ0v) is 17.8. The second kappa shape index (κ2) is 10.6. The highest BCUT2D eigenvalue weighted by Gasteiger charge is 2.07. The Morgan fingerprint density at radius 1 is 0.621 bits per heavy atom. The maximum Gasteiger partial charge on any atom is 0.335 e. The number of hydrogen-bond acceptors (Lipinski definition) is 4. The van der Waals surface area contributed by atoms with Crippen molar-refractivity contribution in [1.82, 2.24) is 0 Å². The third kappa shape index (κ3) is 7.24. The molecule has 3 N–H and O–H groups in total. The topological polar surface area (TPSA) is 112 Å². The Morgan fingerprint density at radius 2 is 1.00 bits per heavy atom. The summed E-state index contributed by atoms with van der Waals surface area (Å²) in [6, 6.07) is 19.8. The van der Waals surface area contributed by atoms with Crippen LogP contribution in [0.3, 0.4) is 0 Å². The van der Waals surface area contributed by atoms with E-state index in [4.69, 9.17) is 15.3 Å². The summed E-state index contributed by atoms with van der Waals surface area (Å²) in [6.07, 6.45) is 0. The molecule has 0 saturated carbocycles. The van der Waals surface area contributed by atoms with Gasteiger partial charge in [-0.15, -0.1) is 0 Å². The second-order valence-corrected chi connectivity index (χ2v) is 7.98. The first-order chi connectivity index (χ1) is 13.8. The van der Waals surface area contributed by atoms with Gasteiger partial charge >= 0.3 is 17.9 Å². The second-order valence-electron chi connectivity index (χ2n) is 5.58. The molecule has 3 rings (SSSR count). The van der Waals surface area contributed by atoms with Gasteiger partial charge in [0.25, 0.3) is 0 Å². The molecule has 0 fully saturated rings. The van der Waals surface area contributed by atoms with E-state index in [0.29, 0.717) is 5.56 Å². The number of halogens is 1. The number of hydrogen-bond donors (Lipinski definition) is 3. The van der Waals surface area contributed by atoms with Gasteiger partial charge in [0.15, 0.2) is 0 Å². The van der Waals surface area contributed by atoms with Gasteiger partial charge in [-0.05, 0) is 77.2 Å². The van der Waals surface area contributed by atoms with E-state index in [0.717, 1.165) is 13.4 Å². The van der Waals surface area contributed by atoms with Crippen LogP contribution in [0.15, 0.2) is 82.6 Å². The SMILES string of the molecule is O=C(O)c1cccc(I)c1.O=C(O)c1cccc(Sc2cccc(C(=O)O)c2)c1. The van der Waals surface area contributed by atoms with E-state index >= 15 is 0 Å². The average Bonchev–Trinajstić information content (AvgIpc) is 2.69. The zero-order valence-electron chi connectivity index (χ0n) is 14.8. The summed E-state index contributed by atoms with van der Waals surface area (Å²) < 4.78 is 0.942. The number of rotatable bonds is 5. The quantitative estimate of drug-likeness (QED) is 0.394. The number of carboxylic acid groups (broad SMARTS) is 3. The Labute approximate surface area is 184 Å². The Hall–Kier alpha value is -2.85. The van der Waals surface area contributed by atoms with Crippen molar-refractivity contribution in [2.24, 2.45) is 0 Å². The van der Waals surface area contributed by atoms with Gasteiger partial charge in [-0.1, -0.05) is 30.0 Å². The van der Waals surface area contributed by atoms with Crippen LogP contribution >= 0.6 is 34.4 Å². The standard InChI is InChI=1S/C14H10O4S.C7H5IO2/c15-13(16)9-3-1-5-11(7-9)19-12-6-2-4-10(8-12)14(17)18;8-6-3-1-2-5(4-6)7(9)10/h1-8H,(H,15,16)(H,17,18);1-4H,(H,9,10). The summed E-state index contributed by atoms with van der Waals surface area (Å²) in [4.78, 5) is 33.6. The Morgan fingerprint density at radius 3 is 1.34 bits per heavy atom. The molecule has 0 aliphatic heterocycles. The number of benzene rings is 3. The summed E-state index contributed by atoms with van der Waals surface area (Å²) in [6.45, 7) is 0. The molecule has 0 aliphatic carbocycles. The fourth-order valence-corrected chi connectivity index (χ4v) is 3.62. The van der Waals surface area contributed by atoms with E-state index in [2.05, 4.69) is 22.6 Å². The molecule has 0 aromatic heterocycles. The summed E-state index contributed by atoms with van der Waals surface area (Å²) >= 11 is 3.40. The molecule has 29 heavy (non-hydrogen) atoms. The molecule has 0 spiro atoms. The lowest BCUT2D eigenvalue weighted by atomic mass is 10.2. The zero-order chi connectivity index (χ0) is 21.4. The minimum absolute atomic E-state index is 0.208. The molecule has 0 radical (unpaired) electrons. The molecule has 0 aliphatic rings. The van der Waals surface area contributed by atoms with Crippen LogP contribution in [0.1, 0.15) is 31.1 Å². The Kier molecular flexibility index (Phi) is 8.22. The van der Waals surface area contributed by atoms with E-state index in [-0.39, 0.29) is 11.1 Å². The van der Waals surface area contributed by atoms with Crippen LogP contribution in [0.2, 0.25) is 0 Å². The van der Waals surface area contributed by atoms with Crippen LogP contribution in [0, 0.1) is 3.57 Å². The lowest BCUT2D eigenvalue weighted by molar-refractivity contribution is 0.0686. The molecule has 0 amide bonds. The number of carbonyl (C=O) groups is 3. The van der Waals surface area contributed by atoms with Crippen molar-refractivity contribution in [2.45, 2.75) is 9.79 Å². The lowest BCUT2D eigenvalue weighted by Crippen LogP contribution is -1.96. The fraction of sp³-hybridized carbons (Fsp3) is 0. The maximum atomic E-state index is 10.9. The summed E-state index contributed by atoms with van der Waals surface area (Å²) in [5.74, 6) is -2.85. The van der Waals surface area contributed by atoms with E-state index < -0.39 is 17.9 Å². The van der Waals surface area contributed by atoms with Crippen molar-refractivity contribution in [3.05, 3.63) is 93.1 Å². The largest absolute Gasteiger partial charge is 0.478 e. The van der Waals surface area contributed by atoms with Gasteiger partial charge in [-0.25, -0.2) is 14.4 Å². The molecule has 8 heteroatoms.